The first-order valence-electron chi connectivity index (χ1n) is 7.21. The van der Waals surface area contributed by atoms with Crippen molar-refractivity contribution < 1.29 is 31.8 Å². The van der Waals surface area contributed by atoms with Crippen LogP contribution in [0.5, 0.6) is 11.5 Å². The van der Waals surface area contributed by atoms with Crippen LogP contribution in [0.15, 0.2) is 33.6 Å². The summed E-state index contributed by atoms with van der Waals surface area (Å²) in [6.07, 6.45) is 0. The zero-order valence-corrected chi connectivity index (χ0v) is 15.1. The van der Waals surface area contributed by atoms with Crippen LogP contribution in [-0.2, 0) is 21.3 Å². The molecule has 0 aliphatic carbocycles. The first-order chi connectivity index (χ1) is 11.8. The van der Waals surface area contributed by atoms with Crippen molar-refractivity contribution in [3.63, 3.8) is 0 Å². The number of hydrogen-bond acceptors (Lipinski definition) is 7. The molecule has 1 aromatic carbocycles. The Labute approximate surface area is 145 Å². The van der Waals surface area contributed by atoms with Gasteiger partial charge < -0.3 is 18.6 Å². The normalized spacial score (nSPS) is 11.2. The average molecular weight is 369 g/mol. The molecule has 0 saturated carbocycles. The molecular formula is C16H19NO7S. The van der Waals surface area contributed by atoms with Crippen molar-refractivity contribution in [2.45, 2.75) is 18.4 Å². The molecule has 0 unspecified atom stereocenters. The molecule has 2 rings (SSSR count). The summed E-state index contributed by atoms with van der Waals surface area (Å²) in [4.78, 5) is 11.6. The summed E-state index contributed by atoms with van der Waals surface area (Å²) >= 11 is 0. The van der Waals surface area contributed by atoms with Crippen LogP contribution >= 0.6 is 0 Å². The lowest BCUT2D eigenvalue weighted by Gasteiger charge is -2.10. The Bertz CT molecular complexity index is 871. The van der Waals surface area contributed by atoms with E-state index in [0.717, 1.165) is 0 Å². The van der Waals surface area contributed by atoms with Gasteiger partial charge in [0.05, 0.1) is 32.8 Å². The molecular weight excluding hydrogens is 350 g/mol. The second-order valence-corrected chi connectivity index (χ2v) is 6.78. The van der Waals surface area contributed by atoms with Crippen LogP contribution in [0.1, 0.15) is 21.9 Å². The van der Waals surface area contributed by atoms with Crippen LogP contribution < -0.4 is 14.2 Å². The maximum atomic E-state index is 12.4. The van der Waals surface area contributed by atoms with E-state index in [2.05, 4.69) is 9.46 Å². The van der Waals surface area contributed by atoms with Gasteiger partial charge in [0.15, 0.2) is 11.5 Å². The Balaban J connectivity index is 2.18. The van der Waals surface area contributed by atoms with Crippen molar-refractivity contribution >= 4 is 16.0 Å². The van der Waals surface area contributed by atoms with Gasteiger partial charge in [0.1, 0.15) is 17.1 Å². The molecule has 1 N–H and O–H groups in total. The van der Waals surface area contributed by atoms with E-state index in [9.17, 15) is 13.2 Å². The van der Waals surface area contributed by atoms with Crippen LogP contribution in [0.2, 0.25) is 0 Å². The van der Waals surface area contributed by atoms with Crippen LogP contribution in [0, 0.1) is 6.92 Å². The maximum absolute atomic E-state index is 12.4. The molecule has 2 aromatic rings. The van der Waals surface area contributed by atoms with E-state index in [1.54, 1.807) is 6.92 Å². The minimum absolute atomic E-state index is 0.0154. The van der Waals surface area contributed by atoms with Gasteiger partial charge in [-0.05, 0) is 25.1 Å². The monoisotopic (exact) mass is 369 g/mol. The van der Waals surface area contributed by atoms with E-state index in [-0.39, 0.29) is 17.0 Å². The minimum Gasteiger partial charge on any atom is -0.493 e. The Kier molecular flexibility index (Phi) is 5.70. The van der Waals surface area contributed by atoms with E-state index in [4.69, 9.17) is 13.9 Å². The zero-order chi connectivity index (χ0) is 18.6. The SMILES string of the molecule is COC(=O)c1cc(CNS(=O)(=O)c2ccc(OC)c(OC)c2)oc1C. The van der Waals surface area contributed by atoms with E-state index in [1.807, 2.05) is 0 Å². The fourth-order valence-corrected chi connectivity index (χ4v) is 3.18. The molecule has 1 aromatic heterocycles. The summed E-state index contributed by atoms with van der Waals surface area (Å²) in [5, 5.41) is 0. The lowest BCUT2D eigenvalue weighted by atomic mass is 10.2. The molecule has 9 heteroatoms. The molecule has 0 aliphatic rings. The minimum atomic E-state index is -3.81. The largest absolute Gasteiger partial charge is 0.493 e. The highest BCUT2D eigenvalue weighted by Gasteiger charge is 2.20. The third-order valence-corrected chi connectivity index (χ3v) is 4.87. The average Bonchev–Trinajstić information content (AvgIpc) is 2.99. The Morgan fingerprint density at radius 2 is 1.80 bits per heavy atom. The second-order valence-electron chi connectivity index (χ2n) is 5.02. The number of hydrogen-bond donors (Lipinski definition) is 1. The molecule has 0 aliphatic heterocycles. The summed E-state index contributed by atoms with van der Waals surface area (Å²) in [6.45, 7) is 1.48. The second kappa shape index (κ2) is 7.58. The van der Waals surface area contributed by atoms with Gasteiger partial charge in [-0.15, -0.1) is 0 Å². The number of nitrogens with one attached hydrogen (secondary N) is 1. The number of furan rings is 1. The first kappa shape index (κ1) is 18.8. The fourth-order valence-electron chi connectivity index (χ4n) is 2.18. The Hall–Kier alpha value is -2.52. The van der Waals surface area contributed by atoms with Crippen molar-refractivity contribution in [2.75, 3.05) is 21.3 Å². The molecule has 25 heavy (non-hydrogen) atoms. The predicted octanol–water partition coefficient (Wildman–Crippen LogP) is 1.87. The molecule has 0 fully saturated rings. The summed E-state index contributed by atoms with van der Waals surface area (Å²) in [6, 6.07) is 5.70. The van der Waals surface area contributed by atoms with Gasteiger partial charge in [-0.3, -0.25) is 0 Å². The van der Waals surface area contributed by atoms with Crippen LogP contribution in [0.25, 0.3) is 0 Å². The number of rotatable bonds is 7. The number of esters is 1. The van der Waals surface area contributed by atoms with Crippen molar-refractivity contribution in [1.29, 1.82) is 0 Å². The van der Waals surface area contributed by atoms with Gasteiger partial charge >= 0.3 is 5.97 Å². The van der Waals surface area contributed by atoms with Gasteiger partial charge in [0.2, 0.25) is 10.0 Å². The Morgan fingerprint density at radius 3 is 2.40 bits per heavy atom. The molecule has 0 bridgehead atoms. The van der Waals surface area contributed by atoms with Gasteiger partial charge in [-0.1, -0.05) is 0 Å². The number of sulfonamides is 1. The predicted molar refractivity (Wildman–Crippen MR) is 88.4 cm³/mol. The quantitative estimate of drug-likeness (QED) is 0.743. The number of carbonyl (C=O) groups is 1. The number of aryl methyl sites for hydroxylation is 1. The molecule has 0 saturated heterocycles. The number of methoxy groups -OCH3 is 3. The van der Waals surface area contributed by atoms with Crippen molar-refractivity contribution in [3.8, 4) is 11.5 Å². The molecule has 136 valence electrons. The smallest absolute Gasteiger partial charge is 0.341 e. The summed E-state index contributed by atoms with van der Waals surface area (Å²) in [5.41, 5.74) is 0.253. The number of benzene rings is 1. The summed E-state index contributed by atoms with van der Waals surface area (Å²) in [7, 11) is 0.330. The van der Waals surface area contributed by atoms with Crippen LogP contribution in [-0.4, -0.2) is 35.7 Å². The first-order valence-corrected chi connectivity index (χ1v) is 8.70. The van der Waals surface area contributed by atoms with Gasteiger partial charge in [-0.2, -0.15) is 0 Å². The highest BCUT2D eigenvalue weighted by molar-refractivity contribution is 7.89. The molecule has 8 nitrogen and oxygen atoms in total. The third kappa shape index (κ3) is 4.12. The lowest BCUT2D eigenvalue weighted by molar-refractivity contribution is 0.0599. The molecule has 0 spiro atoms. The van der Waals surface area contributed by atoms with E-state index in [1.165, 1.54) is 45.6 Å². The topological polar surface area (TPSA) is 104 Å². The standard InChI is InChI=1S/C16H19NO7S/c1-10-13(16(18)23-4)7-11(24-10)9-17-25(19,20)12-5-6-14(21-2)15(8-12)22-3/h5-8,17H,9H2,1-4H3. The third-order valence-electron chi connectivity index (χ3n) is 3.48. The van der Waals surface area contributed by atoms with E-state index in [0.29, 0.717) is 23.0 Å². The van der Waals surface area contributed by atoms with Crippen molar-refractivity contribution in [2.24, 2.45) is 0 Å². The van der Waals surface area contributed by atoms with E-state index < -0.39 is 16.0 Å². The van der Waals surface area contributed by atoms with Gasteiger partial charge in [-0.25, -0.2) is 17.9 Å². The molecule has 0 amide bonds. The number of ether oxygens (including phenoxy) is 3. The number of carbonyl (C=O) groups excluding carboxylic acids is 1. The highest BCUT2D eigenvalue weighted by atomic mass is 32.2. The van der Waals surface area contributed by atoms with E-state index >= 15 is 0 Å². The highest BCUT2D eigenvalue weighted by Crippen LogP contribution is 2.29. The lowest BCUT2D eigenvalue weighted by Crippen LogP contribution is -2.23. The van der Waals surface area contributed by atoms with Crippen LogP contribution in [0.3, 0.4) is 0 Å². The molecule has 0 atom stereocenters. The van der Waals surface area contributed by atoms with Crippen molar-refractivity contribution in [3.05, 3.63) is 41.3 Å². The maximum Gasteiger partial charge on any atom is 0.341 e. The summed E-state index contributed by atoms with van der Waals surface area (Å²) < 4.78 is 47.4. The fraction of sp³-hybridized carbons (Fsp3) is 0.312. The van der Waals surface area contributed by atoms with Gasteiger partial charge in [0, 0.05) is 6.07 Å². The zero-order valence-electron chi connectivity index (χ0n) is 14.3. The van der Waals surface area contributed by atoms with Crippen LogP contribution in [0.4, 0.5) is 0 Å². The Morgan fingerprint density at radius 1 is 1.12 bits per heavy atom. The van der Waals surface area contributed by atoms with Gasteiger partial charge in [0.25, 0.3) is 0 Å². The molecule has 0 radical (unpaired) electrons. The molecule has 1 heterocycles. The summed E-state index contributed by atoms with van der Waals surface area (Å²) in [5.74, 6) is 0.822. The van der Waals surface area contributed by atoms with Crippen molar-refractivity contribution in [1.82, 2.24) is 4.72 Å².